The van der Waals surface area contributed by atoms with Crippen molar-refractivity contribution in [3.05, 3.63) is 18.1 Å². The maximum atomic E-state index is 4.66. The molecule has 0 aliphatic carbocycles. The van der Waals surface area contributed by atoms with E-state index in [1.807, 2.05) is 19.4 Å². The smallest absolute Gasteiger partial charge is 0.147 e. The SMILES string of the molecule is CCC1(C)CCN(c2cncc(CNC)n2)CC1. The topological polar surface area (TPSA) is 41.1 Å². The first-order valence-electron chi connectivity index (χ1n) is 6.87. The van der Waals surface area contributed by atoms with Crippen molar-refractivity contribution in [2.75, 3.05) is 25.0 Å². The van der Waals surface area contributed by atoms with E-state index < -0.39 is 0 Å². The fourth-order valence-corrected chi connectivity index (χ4v) is 2.44. The molecule has 4 nitrogen and oxygen atoms in total. The Bertz CT molecular complexity index is 383. The predicted molar refractivity (Wildman–Crippen MR) is 74.6 cm³/mol. The standard InChI is InChI=1S/C14H24N4/c1-4-14(2)5-7-18(8-6-14)13-11-16-10-12(17-13)9-15-3/h10-11,15H,4-9H2,1-3H3. The maximum absolute atomic E-state index is 4.66. The van der Waals surface area contributed by atoms with Gasteiger partial charge >= 0.3 is 0 Å². The molecular weight excluding hydrogens is 224 g/mol. The molecule has 100 valence electrons. The van der Waals surface area contributed by atoms with E-state index in [1.54, 1.807) is 0 Å². The minimum atomic E-state index is 0.520. The summed E-state index contributed by atoms with van der Waals surface area (Å²) in [6.45, 7) is 7.67. The number of anilines is 1. The Balaban J connectivity index is 2.03. The van der Waals surface area contributed by atoms with E-state index in [-0.39, 0.29) is 0 Å². The van der Waals surface area contributed by atoms with Crippen molar-refractivity contribution in [1.29, 1.82) is 0 Å². The Labute approximate surface area is 110 Å². The first-order chi connectivity index (χ1) is 8.67. The summed E-state index contributed by atoms with van der Waals surface area (Å²) >= 11 is 0. The number of nitrogens with zero attached hydrogens (tertiary/aromatic N) is 3. The summed E-state index contributed by atoms with van der Waals surface area (Å²) in [6.07, 6.45) is 7.49. The molecule has 0 saturated carbocycles. The van der Waals surface area contributed by atoms with Crippen LogP contribution in [0.4, 0.5) is 5.82 Å². The summed E-state index contributed by atoms with van der Waals surface area (Å²) in [6, 6.07) is 0. The van der Waals surface area contributed by atoms with E-state index in [0.29, 0.717) is 5.41 Å². The van der Waals surface area contributed by atoms with Crippen molar-refractivity contribution in [1.82, 2.24) is 15.3 Å². The fourth-order valence-electron chi connectivity index (χ4n) is 2.44. The van der Waals surface area contributed by atoms with Gasteiger partial charge in [0.15, 0.2) is 0 Å². The van der Waals surface area contributed by atoms with Crippen LogP contribution in [-0.2, 0) is 6.54 Å². The minimum absolute atomic E-state index is 0.520. The lowest BCUT2D eigenvalue weighted by atomic mass is 9.78. The summed E-state index contributed by atoms with van der Waals surface area (Å²) in [4.78, 5) is 11.3. The summed E-state index contributed by atoms with van der Waals surface area (Å²) in [5, 5.41) is 3.12. The molecule has 1 aromatic heterocycles. The van der Waals surface area contributed by atoms with Gasteiger partial charge in [-0.3, -0.25) is 4.98 Å². The van der Waals surface area contributed by atoms with E-state index in [1.165, 1.54) is 19.3 Å². The molecule has 1 N–H and O–H groups in total. The Morgan fingerprint density at radius 1 is 1.33 bits per heavy atom. The maximum Gasteiger partial charge on any atom is 0.147 e. The molecule has 0 aromatic carbocycles. The summed E-state index contributed by atoms with van der Waals surface area (Å²) in [7, 11) is 1.93. The van der Waals surface area contributed by atoms with Gasteiger partial charge in [-0.05, 0) is 25.3 Å². The first kappa shape index (κ1) is 13.3. The van der Waals surface area contributed by atoms with Crippen LogP contribution in [0.1, 0.15) is 38.8 Å². The second kappa shape index (κ2) is 5.65. The normalized spacial score (nSPS) is 18.9. The van der Waals surface area contributed by atoms with Crippen molar-refractivity contribution in [3.63, 3.8) is 0 Å². The second-order valence-corrected chi connectivity index (χ2v) is 5.55. The van der Waals surface area contributed by atoms with E-state index in [4.69, 9.17) is 0 Å². The van der Waals surface area contributed by atoms with Gasteiger partial charge in [0.25, 0.3) is 0 Å². The van der Waals surface area contributed by atoms with E-state index in [0.717, 1.165) is 31.1 Å². The van der Waals surface area contributed by atoms with Gasteiger partial charge in [-0.2, -0.15) is 0 Å². The van der Waals surface area contributed by atoms with Gasteiger partial charge in [0.2, 0.25) is 0 Å². The number of hydrogen-bond donors (Lipinski definition) is 1. The molecular formula is C14H24N4. The summed E-state index contributed by atoms with van der Waals surface area (Å²) in [5.74, 6) is 1.03. The highest BCUT2D eigenvalue weighted by molar-refractivity contribution is 5.37. The van der Waals surface area contributed by atoms with Gasteiger partial charge in [-0.15, -0.1) is 0 Å². The minimum Gasteiger partial charge on any atom is -0.355 e. The van der Waals surface area contributed by atoms with Crippen molar-refractivity contribution < 1.29 is 0 Å². The van der Waals surface area contributed by atoms with Gasteiger partial charge in [0, 0.05) is 25.8 Å². The molecule has 2 heterocycles. The monoisotopic (exact) mass is 248 g/mol. The lowest BCUT2D eigenvalue weighted by Gasteiger charge is -2.39. The Kier molecular flexibility index (Phi) is 4.17. The molecule has 1 aliphatic heterocycles. The lowest BCUT2D eigenvalue weighted by molar-refractivity contribution is 0.237. The highest BCUT2D eigenvalue weighted by atomic mass is 15.2. The molecule has 18 heavy (non-hydrogen) atoms. The zero-order chi connectivity index (χ0) is 13.0. The van der Waals surface area contributed by atoms with E-state index in [9.17, 15) is 0 Å². The number of nitrogens with one attached hydrogen (secondary N) is 1. The third kappa shape index (κ3) is 2.99. The summed E-state index contributed by atoms with van der Waals surface area (Å²) < 4.78 is 0. The second-order valence-electron chi connectivity index (χ2n) is 5.55. The number of piperidine rings is 1. The Hall–Kier alpha value is -1.16. The molecule has 4 heteroatoms. The predicted octanol–water partition coefficient (Wildman–Crippen LogP) is 2.21. The van der Waals surface area contributed by atoms with Gasteiger partial charge in [0.1, 0.15) is 5.82 Å². The molecule has 0 atom stereocenters. The molecule has 0 radical (unpaired) electrons. The zero-order valence-corrected chi connectivity index (χ0v) is 11.7. The average Bonchev–Trinajstić information content (AvgIpc) is 2.40. The largest absolute Gasteiger partial charge is 0.355 e. The van der Waals surface area contributed by atoms with Crippen molar-refractivity contribution in [2.45, 2.75) is 39.7 Å². The van der Waals surface area contributed by atoms with Crippen LogP contribution < -0.4 is 10.2 Å². The van der Waals surface area contributed by atoms with Crippen LogP contribution >= 0.6 is 0 Å². The molecule has 2 rings (SSSR count). The van der Waals surface area contributed by atoms with Crippen LogP contribution in [0.2, 0.25) is 0 Å². The number of rotatable bonds is 4. The van der Waals surface area contributed by atoms with E-state index >= 15 is 0 Å². The van der Waals surface area contributed by atoms with Crippen LogP contribution in [0.25, 0.3) is 0 Å². The van der Waals surface area contributed by atoms with E-state index in [2.05, 4.69) is 34.0 Å². The van der Waals surface area contributed by atoms with Gasteiger partial charge < -0.3 is 10.2 Å². The molecule has 0 amide bonds. The highest BCUT2D eigenvalue weighted by Crippen LogP contribution is 2.34. The number of hydrogen-bond acceptors (Lipinski definition) is 4. The third-order valence-electron chi connectivity index (χ3n) is 4.18. The molecule has 0 spiro atoms. The molecule has 1 aromatic rings. The lowest BCUT2D eigenvalue weighted by Crippen LogP contribution is -2.39. The van der Waals surface area contributed by atoms with Crippen LogP contribution in [0.3, 0.4) is 0 Å². The Morgan fingerprint density at radius 2 is 2.06 bits per heavy atom. The van der Waals surface area contributed by atoms with Crippen molar-refractivity contribution in [3.8, 4) is 0 Å². The van der Waals surface area contributed by atoms with Gasteiger partial charge in [0.05, 0.1) is 11.9 Å². The quantitative estimate of drug-likeness (QED) is 0.887. The fraction of sp³-hybridized carbons (Fsp3) is 0.714. The molecule has 0 bridgehead atoms. The molecule has 1 saturated heterocycles. The zero-order valence-electron chi connectivity index (χ0n) is 11.7. The first-order valence-corrected chi connectivity index (χ1v) is 6.87. The average molecular weight is 248 g/mol. The molecule has 1 aliphatic rings. The van der Waals surface area contributed by atoms with Gasteiger partial charge in [-0.1, -0.05) is 20.3 Å². The summed E-state index contributed by atoms with van der Waals surface area (Å²) in [5.41, 5.74) is 1.53. The van der Waals surface area contributed by atoms with Crippen LogP contribution in [0.15, 0.2) is 12.4 Å². The molecule has 1 fully saturated rings. The van der Waals surface area contributed by atoms with Crippen LogP contribution in [-0.4, -0.2) is 30.1 Å². The third-order valence-corrected chi connectivity index (χ3v) is 4.18. The number of aromatic nitrogens is 2. The Morgan fingerprint density at radius 3 is 2.67 bits per heavy atom. The molecule has 0 unspecified atom stereocenters. The van der Waals surface area contributed by atoms with Crippen LogP contribution in [0.5, 0.6) is 0 Å². The van der Waals surface area contributed by atoms with Crippen molar-refractivity contribution >= 4 is 5.82 Å². The highest BCUT2D eigenvalue weighted by Gasteiger charge is 2.28. The van der Waals surface area contributed by atoms with Crippen molar-refractivity contribution in [2.24, 2.45) is 5.41 Å². The van der Waals surface area contributed by atoms with Gasteiger partial charge in [-0.25, -0.2) is 4.98 Å². The van der Waals surface area contributed by atoms with Crippen LogP contribution in [0, 0.1) is 5.41 Å².